The van der Waals surface area contributed by atoms with Gasteiger partial charge in [0.2, 0.25) is 5.91 Å². The van der Waals surface area contributed by atoms with E-state index >= 15 is 0 Å². The number of methoxy groups -OCH3 is 1. The van der Waals surface area contributed by atoms with Crippen LogP contribution in [-0.2, 0) is 9.53 Å². The normalized spacial score (nSPS) is 20.8. The van der Waals surface area contributed by atoms with Gasteiger partial charge in [0.15, 0.2) is 11.6 Å². The highest BCUT2D eigenvalue weighted by molar-refractivity contribution is 6.33. The summed E-state index contributed by atoms with van der Waals surface area (Å²) < 4.78 is 31.1. The molecule has 6 nitrogen and oxygen atoms in total. The molecule has 1 aromatic carbocycles. The summed E-state index contributed by atoms with van der Waals surface area (Å²) in [7, 11) is 1.40. The Balaban J connectivity index is 2.01. The summed E-state index contributed by atoms with van der Waals surface area (Å²) in [5, 5.41) is 12.4. The van der Waals surface area contributed by atoms with Gasteiger partial charge in [0.25, 0.3) is 5.91 Å². The van der Waals surface area contributed by atoms with E-state index in [1.165, 1.54) is 12.0 Å². The number of hydrogen-bond donors (Lipinski definition) is 2. The minimum Gasteiger partial charge on any atom is -0.389 e. The minimum atomic E-state index is -1.19. The number of halogens is 3. The zero-order valence-corrected chi connectivity index (χ0v) is 13.6. The van der Waals surface area contributed by atoms with Crippen molar-refractivity contribution >= 4 is 23.4 Å². The minimum absolute atomic E-state index is 0.0403. The van der Waals surface area contributed by atoms with Crippen molar-refractivity contribution in [1.82, 2.24) is 10.2 Å². The Morgan fingerprint density at radius 2 is 2.08 bits per heavy atom. The van der Waals surface area contributed by atoms with Gasteiger partial charge in [0, 0.05) is 20.2 Å². The van der Waals surface area contributed by atoms with Gasteiger partial charge in [-0.05, 0) is 18.6 Å². The van der Waals surface area contributed by atoms with Crippen LogP contribution >= 0.6 is 11.6 Å². The van der Waals surface area contributed by atoms with Crippen LogP contribution in [0.15, 0.2) is 12.1 Å². The summed E-state index contributed by atoms with van der Waals surface area (Å²) in [5.41, 5.74) is -0.222. The first-order valence-electron chi connectivity index (χ1n) is 7.23. The van der Waals surface area contributed by atoms with E-state index in [-0.39, 0.29) is 29.6 Å². The van der Waals surface area contributed by atoms with Crippen LogP contribution in [0.25, 0.3) is 0 Å². The van der Waals surface area contributed by atoms with E-state index in [1.807, 2.05) is 0 Å². The van der Waals surface area contributed by atoms with Crippen molar-refractivity contribution in [2.24, 2.45) is 0 Å². The van der Waals surface area contributed by atoms with Gasteiger partial charge in [-0.2, -0.15) is 0 Å². The predicted molar refractivity (Wildman–Crippen MR) is 81.7 cm³/mol. The quantitative estimate of drug-likeness (QED) is 0.782. The van der Waals surface area contributed by atoms with Crippen molar-refractivity contribution < 1.29 is 28.2 Å². The van der Waals surface area contributed by atoms with Gasteiger partial charge in [0.05, 0.1) is 22.7 Å². The third kappa shape index (κ3) is 4.19. The van der Waals surface area contributed by atoms with Gasteiger partial charge in [-0.1, -0.05) is 11.6 Å². The van der Waals surface area contributed by atoms with E-state index in [2.05, 4.69) is 5.32 Å². The molecule has 1 aromatic rings. The Bertz CT molecular complexity index is 644. The highest BCUT2D eigenvalue weighted by atomic mass is 35.5. The molecule has 0 unspecified atom stereocenters. The Labute approximate surface area is 142 Å². The number of hydrogen-bond acceptors (Lipinski definition) is 4. The zero-order valence-electron chi connectivity index (χ0n) is 12.9. The zero-order chi connectivity index (χ0) is 17.9. The molecular formula is C15H17ClF2N2O4. The molecular weight excluding hydrogens is 346 g/mol. The number of aliphatic hydroxyl groups is 1. The number of piperidine rings is 1. The monoisotopic (exact) mass is 362 g/mol. The molecule has 1 aliphatic rings. The van der Waals surface area contributed by atoms with Crippen LogP contribution in [0.4, 0.5) is 8.78 Å². The van der Waals surface area contributed by atoms with Crippen molar-refractivity contribution in [2.75, 3.05) is 26.8 Å². The number of benzene rings is 1. The lowest BCUT2D eigenvalue weighted by atomic mass is 10.0. The summed E-state index contributed by atoms with van der Waals surface area (Å²) >= 11 is 5.75. The van der Waals surface area contributed by atoms with E-state index in [0.29, 0.717) is 25.1 Å². The first kappa shape index (κ1) is 18.6. The second-order valence-corrected chi connectivity index (χ2v) is 5.86. The molecule has 2 amide bonds. The van der Waals surface area contributed by atoms with E-state index < -0.39 is 29.7 Å². The average Bonchev–Trinajstić information content (AvgIpc) is 2.52. The molecule has 1 saturated heterocycles. The standard InChI is InChI=1S/C15H17ClF2N2O4/c1-24-7-14(22)20-3-2-12(13(21)6-20)19-15(23)8-4-10(17)11(18)5-9(8)16/h4-5,12-13,21H,2-3,6-7H2,1H3,(H,19,23)/t12-,13-/m1/s1. The second-order valence-electron chi connectivity index (χ2n) is 5.45. The number of β-amino-alcohol motifs (C(OH)–C–C–N with tert-alkyl or cyclic N) is 1. The number of rotatable bonds is 4. The fraction of sp³-hybridized carbons (Fsp3) is 0.467. The van der Waals surface area contributed by atoms with Crippen molar-refractivity contribution in [3.05, 3.63) is 34.4 Å². The van der Waals surface area contributed by atoms with Crippen LogP contribution in [0.1, 0.15) is 16.8 Å². The van der Waals surface area contributed by atoms with E-state index in [9.17, 15) is 23.5 Å². The first-order chi connectivity index (χ1) is 11.3. The van der Waals surface area contributed by atoms with Crippen molar-refractivity contribution in [1.29, 1.82) is 0 Å². The smallest absolute Gasteiger partial charge is 0.253 e. The van der Waals surface area contributed by atoms with Crippen LogP contribution in [0, 0.1) is 11.6 Å². The number of amides is 2. The first-order valence-corrected chi connectivity index (χ1v) is 7.61. The lowest BCUT2D eigenvalue weighted by Gasteiger charge is -2.36. The molecule has 0 bridgehead atoms. The molecule has 1 aliphatic heterocycles. The van der Waals surface area contributed by atoms with E-state index in [1.54, 1.807) is 0 Å². The number of nitrogens with zero attached hydrogens (tertiary/aromatic N) is 1. The second kappa shape index (κ2) is 7.87. The molecule has 2 N–H and O–H groups in total. The van der Waals surface area contributed by atoms with Gasteiger partial charge < -0.3 is 20.1 Å². The molecule has 24 heavy (non-hydrogen) atoms. The summed E-state index contributed by atoms with van der Waals surface area (Å²) in [6, 6.07) is 0.790. The molecule has 1 heterocycles. The molecule has 132 valence electrons. The van der Waals surface area contributed by atoms with Crippen LogP contribution in [0.3, 0.4) is 0 Å². The van der Waals surface area contributed by atoms with Crippen molar-refractivity contribution in [2.45, 2.75) is 18.6 Å². The highest BCUT2D eigenvalue weighted by Crippen LogP contribution is 2.21. The maximum absolute atomic E-state index is 13.3. The third-order valence-electron chi connectivity index (χ3n) is 3.77. The molecule has 0 aliphatic carbocycles. The number of nitrogens with one attached hydrogen (secondary N) is 1. The SMILES string of the molecule is COCC(=O)N1CC[C@@H](NC(=O)c2cc(F)c(F)cc2Cl)[C@H](O)C1. The molecule has 0 saturated carbocycles. The summed E-state index contributed by atoms with van der Waals surface area (Å²) in [5.74, 6) is -3.32. The van der Waals surface area contributed by atoms with Gasteiger partial charge in [0.1, 0.15) is 6.61 Å². The van der Waals surface area contributed by atoms with Crippen LogP contribution in [0.5, 0.6) is 0 Å². The molecule has 1 fully saturated rings. The highest BCUT2D eigenvalue weighted by Gasteiger charge is 2.31. The number of ether oxygens (including phenoxy) is 1. The topological polar surface area (TPSA) is 78.9 Å². The number of carbonyl (C=O) groups is 2. The van der Waals surface area contributed by atoms with Gasteiger partial charge in [-0.15, -0.1) is 0 Å². The summed E-state index contributed by atoms with van der Waals surface area (Å²) in [4.78, 5) is 25.3. The molecule has 0 radical (unpaired) electrons. The number of carbonyl (C=O) groups excluding carboxylic acids is 2. The van der Waals surface area contributed by atoms with Crippen LogP contribution < -0.4 is 5.32 Å². The fourth-order valence-corrected chi connectivity index (χ4v) is 2.72. The maximum atomic E-state index is 13.3. The lowest BCUT2D eigenvalue weighted by molar-refractivity contribution is -0.138. The lowest BCUT2D eigenvalue weighted by Crippen LogP contribution is -2.55. The molecule has 2 atom stereocenters. The maximum Gasteiger partial charge on any atom is 0.253 e. The van der Waals surface area contributed by atoms with E-state index in [4.69, 9.17) is 16.3 Å². The average molecular weight is 363 g/mol. The summed E-state index contributed by atoms with van der Waals surface area (Å²) in [6.45, 7) is 0.280. The van der Waals surface area contributed by atoms with Gasteiger partial charge >= 0.3 is 0 Å². The Morgan fingerprint density at radius 3 is 2.71 bits per heavy atom. The van der Waals surface area contributed by atoms with Crippen LogP contribution in [-0.4, -0.2) is 60.8 Å². The molecule has 0 aromatic heterocycles. The third-order valence-corrected chi connectivity index (χ3v) is 4.09. The summed E-state index contributed by atoms with van der Waals surface area (Å²) in [6.07, 6.45) is -0.684. The fourth-order valence-electron chi connectivity index (χ4n) is 2.48. The van der Waals surface area contributed by atoms with E-state index in [0.717, 1.165) is 0 Å². The molecule has 2 rings (SSSR count). The van der Waals surface area contributed by atoms with Crippen LogP contribution in [0.2, 0.25) is 5.02 Å². The van der Waals surface area contributed by atoms with Gasteiger partial charge in [-0.3, -0.25) is 9.59 Å². The van der Waals surface area contributed by atoms with Gasteiger partial charge in [-0.25, -0.2) is 8.78 Å². The predicted octanol–water partition coefficient (Wildman–Crippen LogP) is 0.956. The molecule has 9 heteroatoms. The molecule has 0 spiro atoms. The number of aliphatic hydroxyl groups excluding tert-OH is 1. The Hall–Kier alpha value is -1.77. The Morgan fingerprint density at radius 1 is 1.42 bits per heavy atom. The number of likely N-dealkylation sites (tertiary alicyclic amines) is 1. The largest absolute Gasteiger partial charge is 0.389 e. The van der Waals surface area contributed by atoms with Crippen molar-refractivity contribution in [3.8, 4) is 0 Å². The van der Waals surface area contributed by atoms with Crippen molar-refractivity contribution in [3.63, 3.8) is 0 Å². The Kier molecular flexibility index (Phi) is 6.09.